The number of carboxylic acid groups (broad SMARTS) is 1. The number of rotatable bonds is 2. The zero-order valence-electron chi connectivity index (χ0n) is 7.36. The molecule has 0 aliphatic carbocycles. The highest BCUT2D eigenvalue weighted by Gasteiger charge is 2.16. The molecule has 0 saturated carbocycles. The molecular weight excluding hydrogens is 254 g/mol. The number of anilines is 1. The van der Waals surface area contributed by atoms with Gasteiger partial charge in [-0.1, -0.05) is 11.6 Å². The van der Waals surface area contributed by atoms with Crippen LogP contribution in [0.2, 0.25) is 5.02 Å². The first-order chi connectivity index (χ1) is 7.09. The molecule has 3 N–H and O–H groups in total. The van der Waals surface area contributed by atoms with E-state index in [1.165, 1.54) is 11.3 Å². The summed E-state index contributed by atoms with van der Waals surface area (Å²) in [7, 11) is 0. The molecule has 0 atom stereocenters. The van der Waals surface area contributed by atoms with Crippen molar-refractivity contribution in [1.29, 1.82) is 0 Å². The number of thiophene rings is 2. The quantitative estimate of drug-likeness (QED) is 0.869. The normalized spacial score (nSPS) is 10.5. The van der Waals surface area contributed by atoms with Gasteiger partial charge in [0.15, 0.2) is 0 Å². The summed E-state index contributed by atoms with van der Waals surface area (Å²) >= 11 is 8.55. The molecule has 2 aromatic heterocycles. The lowest BCUT2D eigenvalue weighted by molar-refractivity contribution is 0.0703. The molecule has 0 aliphatic heterocycles. The highest BCUT2D eigenvalue weighted by atomic mass is 35.5. The Bertz CT molecular complexity index is 518. The number of carbonyl (C=O) groups is 1. The van der Waals surface area contributed by atoms with Crippen molar-refractivity contribution in [3.8, 4) is 9.75 Å². The summed E-state index contributed by atoms with van der Waals surface area (Å²) in [6.45, 7) is 0. The Balaban J connectivity index is 2.52. The van der Waals surface area contributed by atoms with Gasteiger partial charge in [-0.15, -0.1) is 22.7 Å². The number of nitrogen functional groups attached to an aromatic ring is 1. The van der Waals surface area contributed by atoms with Crippen LogP contribution in [0.3, 0.4) is 0 Å². The molecule has 0 bridgehead atoms. The van der Waals surface area contributed by atoms with Gasteiger partial charge in [0.1, 0.15) is 4.88 Å². The second-order valence-corrected chi connectivity index (χ2v) is 5.17. The molecule has 15 heavy (non-hydrogen) atoms. The SMILES string of the molecule is Nc1cc(-c2sccc2Cl)sc1C(=O)O. The summed E-state index contributed by atoms with van der Waals surface area (Å²) in [6, 6.07) is 3.42. The minimum Gasteiger partial charge on any atom is -0.477 e. The fraction of sp³-hybridized carbons (Fsp3) is 0. The van der Waals surface area contributed by atoms with Gasteiger partial charge in [-0.05, 0) is 17.5 Å². The largest absolute Gasteiger partial charge is 0.477 e. The fourth-order valence-corrected chi connectivity index (χ4v) is 3.42. The maximum atomic E-state index is 10.8. The van der Waals surface area contributed by atoms with Gasteiger partial charge >= 0.3 is 5.97 Å². The summed E-state index contributed by atoms with van der Waals surface area (Å²) in [5, 5.41) is 11.3. The number of halogens is 1. The number of hydrogen-bond acceptors (Lipinski definition) is 4. The van der Waals surface area contributed by atoms with Crippen LogP contribution in [0.15, 0.2) is 17.5 Å². The topological polar surface area (TPSA) is 63.3 Å². The molecule has 0 fully saturated rings. The van der Waals surface area contributed by atoms with E-state index in [1.807, 2.05) is 5.38 Å². The van der Waals surface area contributed by atoms with Crippen LogP contribution in [0.5, 0.6) is 0 Å². The number of hydrogen-bond donors (Lipinski definition) is 2. The molecule has 3 nitrogen and oxygen atoms in total. The maximum absolute atomic E-state index is 10.8. The summed E-state index contributed by atoms with van der Waals surface area (Å²) in [5.41, 5.74) is 5.87. The van der Waals surface area contributed by atoms with E-state index >= 15 is 0 Å². The minimum absolute atomic E-state index is 0.162. The van der Waals surface area contributed by atoms with Crippen molar-refractivity contribution in [1.82, 2.24) is 0 Å². The monoisotopic (exact) mass is 259 g/mol. The first-order valence-electron chi connectivity index (χ1n) is 3.95. The first kappa shape index (κ1) is 10.5. The number of aromatic carboxylic acids is 1. The summed E-state index contributed by atoms with van der Waals surface area (Å²) in [4.78, 5) is 12.6. The first-order valence-corrected chi connectivity index (χ1v) is 6.03. The van der Waals surface area contributed by atoms with Gasteiger partial charge in [0.2, 0.25) is 0 Å². The van der Waals surface area contributed by atoms with Gasteiger partial charge in [0, 0.05) is 4.88 Å². The van der Waals surface area contributed by atoms with Gasteiger partial charge in [-0.25, -0.2) is 4.79 Å². The predicted octanol–water partition coefficient (Wildman–Crippen LogP) is 3.41. The average molecular weight is 260 g/mol. The fourth-order valence-electron chi connectivity index (χ4n) is 1.15. The Morgan fingerprint density at radius 2 is 2.27 bits per heavy atom. The third-order valence-electron chi connectivity index (χ3n) is 1.80. The Hall–Kier alpha value is -1.04. The standard InChI is InChI=1S/C9H6ClNO2S2/c10-4-1-2-14-7(4)6-3-5(11)8(15-6)9(12)13/h1-3H,11H2,(H,12,13). The van der Waals surface area contributed by atoms with Gasteiger partial charge in [-0.2, -0.15) is 0 Å². The molecule has 2 aromatic rings. The maximum Gasteiger partial charge on any atom is 0.348 e. The van der Waals surface area contributed by atoms with Crippen LogP contribution in [0.1, 0.15) is 9.67 Å². The Morgan fingerprint density at radius 1 is 1.53 bits per heavy atom. The van der Waals surface area contributed by atoms with E-state index < -0.39 is 5.97 Å². The molecule has 2 heterocycles. The van der Waals surface area contributed by atoms with Gasteiger partial charge < -0.3 is 10.8 Å². The number of carboxylic acids is 1. The summed E-state index contributed by atoms with van der Waals surface area (Å²) in [5.74, 6) is -1.00. The van der Waals surface area contributed by atoms with Crippen LogP contribution in [0, 0.1) is 0 Å². The zero-order valence-corrected chi connectivity index (χ0v) is 9.75. The summed E-state index contributed by atoms with van der Waals surface area (Å²) < 4.78 is 0. The molecule has 0 spiro atoms. The van der Waals surface area contributed by atoms with Crippen molar-refractivity contribution in [2.75, 3.05) is 5.73 Å². The van der Waals surface area contributed by atoms with Crippen molar-refractivity contribution in [3.63, 3.8) is 0 Å². The van der Waals surface area contributed by atoms with Crippen molar-refractivity contribution in [2.24, 2.45) is 0 Å². The summed E-state index contributed by atoms with van der Waals surface area (Å²) in [6.07, 6.45) is 0. The van der Waals surface area contributed by atoms with Crippen molar-refractivity contribution >= 4 is 45.9 Å². The predicted molar refractivity (Wildman–Crippen MR) is 64.0 cm³/mol. The van der Waals surface area contributed by atoms with Crippen molar-refractivity contribution < 1.29 is 9.90 Å². The number of nitrogens with two attached hydrogens (primary N) is 1. The van der Waals surface area contributed by atoms with Crippen LogP contribution in [0.25, 0.3) is 9.75 Å². The average Bonchev–Trinajstić information content (AvgIpc) is 2.71. The van der Waals surface area contributed by atoms with Gasteiger partial charge in [0.25, 0.3) is 0 Å². The highest BCUT2D eigenvalue weighted by molar-refractivity contribution is 7.23. The van der Waals surface area contributed by atoms with Crippen molar-refractivity contribution in [2.45, 2.75) is 0 Å². The van der Waals surface area contributed by atoms with Crippen LogP contribution in [-0.2, 0) is 0 Å². The van der Waals surface area contributed by atoms with Crippen LogP contribution in [0.4, 0.5) is 5.69 Å². The lowest BCUT2D eigenvalue weighted by Crippen LogP contribution is -1.96. The Labute approximate surface area is 98.7 Å². The lowest BCUT2D eigenvalue weighted by atomic mass is 10.3. The smallest absolute Gasteiger partial charge is 0.348 e. The van der Waals surface area contributed by atoms with Crippen molar-refractivity contribution in [3.05, 3.63) is 27.4 Å². The van der Waals surface area contributed by atoms with Gasteiger partial charge in [-0.3, -0.25) is 0 Å². The molecule has 0 amide bonds. The molecular formula is C9H6ClNO2S2. The van der Waals surface area contributed by atoms with E-state index in [2.05, 4.69) is 0 Å². The highest BCUT2D eigenvalue weighted by Crippen LogP contribution is 2.40. The minimum atomic E-state index is -1.00. The van der Waals surface area contributed by atoms with Gasteiger partial charge in [0.05, 0.1) is 15.6 Å². The molecule has 0 radical (unpaired) electrons. The lowest BCUT2D eigenvalue weighted by Gasteiger charge is -1.90. The van der Waals surface area contributed by atoms with E-state index in [-0.39, 0.29) is 10.6 Å². The molecule has 0 saturated heterocycles. The van der Waals surface area contributed by atoms with E-state index in [0.29, 0.717) is 5.02 Å². The second-order valence-electron chi connectivity index (χ2n) is 2.80. The van der Waals surface area contributed by atoms with Crippen LogP contribution in [-0.4, -0.2) is 11.1 Å². The van der Waals surface area contributed by atoms with Crippen LogP contribution >= 0.6 is 34.3 Å². The van der Waals surface area contributed by atoms with E-state index in [4.69, 9.17) is 22.4 Å². The molecule has 0 unspecified atom stereocenters. The van der Waals surface area contributed by atoms with E-state index in [9.17, 15) is 4.79 Å². The third kappa shape index (κ3) is 1.86. The zero-order chi connectivity index (χ0) is 11.0. The molecule has 2 rings (SSSR count). The van der Waals surface area contributed by atoms with Crippen LogP contribution < -0.4 is 5.73 Å². The third-order valence-corrected chi connectivity index (χ3v) is 4.46. The Kier molecular flexibility index (Phi) is 2.68. The second kappa shape index (κ2) is 3.84. The van der Waals surface area contributed by atoms with E-state index in [0.717, 1.165) is 21.1 Å². The molecule has 6 heteroatoms. The molecule has 0 aliphatic rings. The molecule has 78 valence electrons. The Morgan fingerprint density at radius 3 is 2.73 bits per heavy atom. The van der Waals surface area contributed by atoms with E-state index in [1.54, 1.807) is 12.1 Å². The molecule has 0 aromatic carbocycles.